The zero-order chi connectivity index (χ0) is 28.2. The molecule has 4 N–H and O–H groups in total. The molecule has 0 saturated carbocycles. The Morgan fingerprint density at radius 1 is 1.15 bits per heavy atom. The lowest BCUT2D eigenvalue weighted by Crippen LogP contribution is -2.60. The summed E-state index contributed by atoms with van der Waals surface area (Å²) in [5.41, 5.74) is 4.69. The fourth-order valence-electron chi connectivity index (χ4n) is 4.38. The van der Waals surface area contributed by atoms with E-state index < -0.39 is 23.3 Å². The standard InChI is InChI=1S/C26H27ClN6O5S/c1-15-13-39-23(29-15)19-9-6-10-33(19)24(36)17-11-18(30-20(27)12-17)22(35)32-28-14-26(2,31-25(37)38)21(34)16-7-4-3-5-8-16/h3-5,7-8,11-13,19,28,31H,6,9-10,14H2,1-2H3,(H,32,35)(H,37,38)/t19-,26-/m1/s1. The number of benzene rings is 1. The van der Waals surface area contributed by atoms with Crippen LogP contribution in [-0.2, 0) is 0 Å². The van der Waals surface area contributed by atoms with Crippen LogP contribution in [0.1, 0.15) is 67.7 Å². The van der Waals surface area contributed by atoms with Gasteiger partial charge < -0.3 is 15.3 Å². The number of carbonyl (C=O) groups is 4. The number of ketones is 1. The number of nitrogens with one attached hydrogen (secondary N) is 3. The number of halogens is 1. The molecule has 1 fully saturated rings. The van der Waals surface area contributed by atoms with Gasteiger partial charge in [-0.15, -0.1) is 11.3 Å². The van der Waals surface area contributed by atoms with E-state index in [0.717, 1.165) is 23.5 Å². The highest BCUT2D eigenvalue weighted by atomic mass is 35.5. The van der Waals surface area contributed by atoms with Crippen LogP contribution in [0.15, 0.2) is 47.8 Å². The number of aromatic nitrogens is 2. The molecule has 204 valence electrons. The molecule has 1 aliphatic rings. The van der Waals surface area contributed by atoms with E-state index in [-0.39, 0.29) is 34.9 Å². The normalized spacial score (nSPS) is 16.4. The topological polar surface area (TPSA) is 154 Å². The van der Waals surface area contributed by atoms with E-state index in [4.69, 9.17) is 11.6 Å². The molecular weight excluding hydrogens is 544 g/mol. The molecule has 1 saturated heterocycles. The molecular formula is C26H27ClN6O5S. The molecule has 2 aromatic heterocycles. The quantitative estimate of drug-likeness (QED) is 0.173. The monoisotopic (exact) mass is 570 g/mol. The van der Waals surface area contributed by atoms with Gasteiger partial charge in [0.15, 0.2) is 5.78 Å². The fourth-order valence-corrected chi connectivity index (χ4v) is 5.54. The van der Waals surface area contributed by atoms with Crippen LogP contribution in [0.25, 0.3) is 0 Å². The molecule has 11 nitrogen and oxygen atoms in total. The molecule has 0 aliphatic carbocycles. The number of amides is 3. The number of aryl methyl sites for hydroxylation is 1. The van der Waals surface area contributed by atoms with Crippen molar-refractivity contribution in [3.63, 3.8) is 0 Å². The molecule has 13 heteroatoms. The van der Waals surface area contributed by atoms with Gasteiger partial charge in [-0.1, -0.05) is 41.9 Å². The lowest BCUT2D eigenvalue weighted by atomic mass is 9.91. The van der Waals surface area contributed by atoms with Crippen molar-refractivity contribution < 1.29 is 24.3 Å². The zero-order valence-electron chi connectivity index (χ0n) is 21.2. The smallest absolute Gasteiger partial charge is 0.405 e. The minimum absolute atomic E-state index is 0.0384. The van der Waals surface area contributed by atoms with Crippen LogP contribution in [0.2, 0.25) is 5.15 Å². The Morgan fingerprint density at radius 2 is 1.90 bits per heavy atom. The van der Waals surface area contributed by atoms with Crippen LogP contribution in [0, 0.1) is 6.92 Å². The number of rotatable bonds is 9. The molecule has 0 unspecified atom stereocenters. The number of nitrogens with zero attached hydrogens (tertiary/aromatic N) is 3. The van der Waals surface area contributed by atoms with Gasteiger partial charge in [-0.25, -0.2) is 20.2 Å². The van der Waals surface area contributed by atoms with E-state index in [9.17, 15) is 24.3 Å². The maximum atomic E-state index is 13.4. The first kappa shape index (κ1) is 28.1. The summed E-state index contributed by atoms with van der Waals surface area (Å²) < 4.78 is 0. The van der Waals surface area contributed by atoms with E-state index in [1.165, 1.54) is 30.4 Å². The summed E-state index contributed by atoms with van der Waals surface area (Å²) >= 11 is 7.67. The van der Waals surface area contributed by atoms with Crippen molar-refractivity contribution in [3.8, 4) is 0 Å². The number of Topliss-reactive ketones (excluding diaryl/α,β-unsaturated/α-hetero) is 1. The van der Waals surface area contributed by atoms with Gasteiger partial charge in [0, 0.05) is 35.3 Å². The van der Waals surface area contributed by atoms with Crippen molar-refractivity contribution in [2.24, 2.45) is 0 Å². The zero-order valence-corrected chi connectivity index (χ0v) is 22.8. The van der Waals surface area contributed by atoms with Crippen molar-refractivity contribution in [1.82, 2.24) is 31.0 Å². The average molecular weight is 571 g/mol. The first-order chi connectivity index (χ1) is 18.6. The Hall–Kier alpha value is -3.87. The van der Waals surface area contributed by atoms with Crippen LogP contribution in [0.4, 0.5) is 4.79 Å². The first-order valence-corrected chi connectivity index (χ1v) is 13.4. The molecule has 3 aromatic rings. The van der Waals surface area contributed by atoms with Gasteiger partial charge in [-0.3, -0.25) is 19.8 Å². The van der Waals surface area contributed by atoms with Gasteiger partial charge in [0.25, 0.3) is 11.8 Å². The molecule has 2 atom stereocenters. The molecule has 0 radical (unpaired) electrons. The van der Waals surface area contributed by atoms with Gasteiger partial charge in [0.05, 0.1) is 6.04 Å². The molecule has 39 heavy (non-hydrogen) atoms. The number of hydrogen-bond acceptors (Lipinski definition) is 8. The average Bonchev–Trinajstić information content (AvgIpc) is 3.56. The molecule has 3 amide bonds. The summed E-state index contributed by atoms with van der Waals surface area (Å²) in [6, 6.07) is 10.8. The number of thiazole rings is 1. The predicted octanol–water partition coefficient (Wildman–Crippen LogP) is 3.62. The number of pyridine rings is 1. The van der Waals surface area contributed by atoms with Crippen molar-refractivity contribution >= 4 is 46.6 Å². The minimum atomic E-state index is -1.59. The highest BCUT2D eigenvalue weighted by molar-refractivity contribution is 7.09. The largest absolute Gasteiger partial charge is 0.465 e. The van der Waals surface area contributed by atoms with E-state index in [1.807, 2.05) is 12.3 Å². The highest BCUT2D eigenvalue weighted by Crippen LogP contribution is 2.35. The Kier molecular flexibility index (Phi) is 8.58. The summed E-state index contributed by atoms with van der Waals surface area (Å²) in [6.07, 6.45) is 0.220. The van der Waals surface area contributed by atoms with E-state index >= 15 is 0 Å². The summed E-state index contributed by atoms with van der Waals surface area (Å²) in [4.78, 5) is 61.0. The fraction of sp³-hybridized carbons (Fsp3) is 0.308. The second kappa shape index (κ2) is 11.9. The molecule has 0 spiro atoms. The van der Waals surface area contributed by atoms with Crippen molar-refractivity contribution in [1.29, 1.82) is 0 Å². The number of carbonyl (C=O) groups excluding carboxylic acids is 3. The van der Waals surface area contributed by atoms with Crippen LogP contribution in [0.5, 0.6) is 0 Å². The lowest BCUT2D eigenvalue weighted by molar-refractivity contribution is 0.0735. The highest BCUT2D eigenvalue weighted by Gasteiger charge is 2.36. The van der Waals surface area contributed by atoms with Crippen LogP contribution in [0.3, 0.4) is 0 Å². The second-order valence-electron chi connectivity index (χ2n) is 9.31. The van der Waals surface area contributed by atoms with Crippen molar-refractivity contribution in [2.75, 3.05) is 13.1 Å². The van der Waals surface area contributed by atoms with E-state index in [1.54, 1.807) is 35.2 Å². The Balaban J connectivity index is 1.46. The first-order valence-electron chi connectivity index (χ1n) is 12.1. The molecule has 1 aromatic carbocycles. The summed E-state index contributed by atoms with van der Waals surface area (Å²) in [5, 5.41) is 14.3. The van der Waals surface area contributed by atoms with Gasteiger partial charge in [0.1, 0.15) is 21.4 Å². The lowest BCUT2D eigenvalue weighted by Gasteiger charge is -2.28. The van der Waals surface area contributed by atoms with Crippen molar-refractivity contribution in [3.05, 3.63) is 80.5 Å². The third kappa shape index (κ3) is 6.59. The van der Waals surface area contributed by atoms with E-state index in [0.29, 0.717) is 12.1 Å². The number of hydrazine groups is 1. The Labute approximate surface area is 233 Å². The van der Waals surface area contributed by atoms with Crippen LogP contribution < -0.4 is 16.2 Å². The van der Waals surface area contributed by atoms with E-state index in [2.05, 4.69) is 26.1 Å². The minimum Gasteiger partial charge on any atom is -0.465 e. The van der Waals surface area contributed by atoms with Gasteiger partial charge >= 0.3 is 6.09 Å². The maximum absolute atomic E-state index is 13.4. The Morgan fingerprint density at radius 3 is 2.56 bits per heavy atom. The molecule has 4 rings (SSSR count). The third-order valence-corrected chi connectivity index (χ3v) is 7.53. The summed E-state index contributed by atoms with van der Waals surface area (Å²) in [6.45, 7) is 3.59. The predicted molar refractivity (Wildman–Crippen MR) is 145 cm³/mol. The molecule has 0 bridgehead atoms. The SMILES string of the molecule is Cc1csc([C@H]2CCCN2C(=O)c2cc(Cl)nc(C(=O)NNC[C@@](C)(NC(=O)O)C(=O)c3ccccc3)c2)n1. The summed E-state index contributed by atoms with van der Waals surface area (Å²) in [5.74, 6) is -1.50. The Bertz CT molecular complexity index is 1400. The number of carboxylic acid groups (broad SMARTS) is 1. The van der Waals surface area contributed by atoms with Gasteiger partial charge in [-0.2, -0.15) is 0 Å². The number of hydrogen-bond donors (Lipinski definition) is 4. The van der Waals surface area contributed by atoms with Crippen LogP contribution >= 0.6 is 22.9 Å². The van der Waals surface area contributed by atoms with Gasteiger partial charge in [-0.05, 0) is 38.8 Å². The summed E-state index contributed by atoms with van der Waals surface area (Å²) in [7, 11) is 0. The third-order valence-electron chi connectivity index (χ3n) is 6.27. The molecule has 1 aliphatic heterocycles. The van der Waals surface area contributed by atoms with Crippen LogP contribution in [-0.4, -0.2) is 62.3 Å². The van der Waals surface area contributed by atoms with Crippen molar-refractivity contribution in [2.45, 2.75) is 38.3 Å². The maximum Gasteiger partial charge on any atom is 0.405 e. The number of likely N-dealkylation sites (tertiary alicyclic amines) is 1. The molecule has 3 heterocycles. The van der Waals surface area contributed by atoms with Gasteiger partial charge in [0.2, 0.25) is 0 Å². The second-order valence-corrected chi connectivity index (χ2v) is 10.6.